The van der Waals surface area contributed by atoms with Crippen molar-refractivity contribution in [3.8, 4) is 0 Å². The number of aromatic nitrogens is 1. The van der Waals surface area contributed by atoms with Crippen LogP contribution < -0.4 is 10.2 Å². The summed E-state index contributed by atoms with van der Waals surface area (Å²) in [5.74, 6) is 2.26. The highest BCUT2D eigenvalue weighted by molar-refractivity contribution is 5.92. The van der Waals surface area contributed by atoms with Gasteiger partial charge in [-0.2, -0.15) is 0 Å². The smallest absolute Gasteiger partial charge is 0.246 e. The van der Waals surface area contributed by atoms with Crippen LogP contribution in [-0.2, 0) is 11.2 Å². The van der Waals surface area contributed by atoms with E-state index in [2.05, 4.69) is 52.5 Å². The van der Waals surface area contributed by atoms with Gasteiger partial charge < -0.3 is 15.1 Å². The molecule has 2 atom stereocenters. The number of para-hydroxylation sites is 1. The van der Waals surface area contributed by atoms with E-state index in [1.165, 1.54) is 16.8 Å². The van der Waals surface area contributed by atoms with Crippen molar-refractivity contribution < 1.29 is 4.79 Å². The maximum absolute atomic E-state index is 12.7. The van der Waals surface area contributed by atoms with Gasteiger partial charge >= 0.3 is 0 Å². The van der Waals surface area contributed by atoms with Crippen LogP contribution in [0.5, 0.6) is 0 Å². The Bertz CT molecular complexity index is 940. The second-order valence-corrected chi connectivity index (χ2v) is 8.59. The molecule has 2 aromatic rings. The second kappa shape index (κ2) is 7.54. The Morgan fingerprint density at radius 1 is 1.17 bits per heavy atom. The third-order valence-electron chi connectivity index (χ3n) is 6.58. The summed E-state index contributed by atoms with van der Waals surface area (Å²) < 4.78 is 0. The molecule has 2 fully saturated rings. The fourth-order valence-corrected chi connectivity index (χ4v) is 5.02. The third-order valence-corrected chi connectivity index (χ3v) is 6.58. The molecule has 1 aromatic heterocycles. The Morgan fingerprint density at radius 3 is 2.76 bits per heavy atom. The fraction of sp³-hybridized carbons (Fsp3) is 0.417. The summed E-state index contributed by atoms with van der Waals surface area (Å²) in [5.41, 5.74) is 4.93. The number of carbonyl (C=O) groups excluding carboxylic acids is 1. The van der Waals surface area contributed by atoms with Crippen LogP contribution in [0.15, 0.2) is 42.6 Å². The van der Waals surface area contributed by atoms with Crippen LogP contribution in [0, 0.1) is 18.8 Å². The number of nitrogens with one attached hydrogen (secondary N) is 1. The summed E-state index contributed by atoms with van der Waals surface area (Å²) in [6.07, 6.45) is 7.67. The molecule has 0 unspecified atom stereocenters. The molecule has 2 saturated heterocycles. The van der Waals surface area contributed by atoms with E-state index < -0.39 is 0 Å². The summed E-state index contributed by atoms with van der Waals surface area (Å²) in [4.78, 5) is 21.7. The molecule has 0 radical (unpaired) electrons. The number of hydrogen-bond acceptors (Lipinski definition) is 4. The van der Waals surface area contributed by atoms with Crippen molar-refractivity contribution in [2.24, 2.45) is 11.8 Å². The van der Waals surface area contributed by atoms with Gasteiger partial charge in [-0.25, -0.2) is 4.98 Å². The third kappa shape index (κ3) is 3.61. The van der Waals surface area contributed by atoms with Crippen molar-refractivity contribution in [1.29, 1.82) is 0 Å². The summed E-state index contributed by atoms with van der Waals surface area (Å²) in [7, 11) is 0. The molecule has 0 saturated carbocycles. The molecule has 150 valence electrons. The van der Waals surface area contributed by atoms with Gasteiger partial charge in [0, 0.05) is 62.5 Å². The summed E-state index contributed by atoms with van der Waals surface area (Å²) in [6, 6.07) is 10.7. The first-order valence-corrected chi connectivity index (χ1v) is 10.7. The zero-order valence-electron chi connectivity index (χ0n) is 17.0. The lowest BCUT2D eigenvalue weighted by molar-refractivity contribution is -0.125. The van der Waals surface area contributed by atoms with Crippen molar-refractivity contribution in [1.82, 2.24) is 9.88 Å². The fourth-order valence-electron chi connectivity index (χ4n) is 5.02. The van der Waals surface area contributed by atoms with E-state index in [-0.39, 0.29) is 5.91 Å². The number of carbonyl (C=O) groups is 1. The summed E-state index contributed by atoms with van der Waals surface area (Å²) in [5, 5.41) is 3.33. The molecule has 5 nitrogen and oxygen atoms in total. The molecule has 5 heteroatoms. The van der Waals surface area contributed by atoms with E-state index in [9.17, 15) is 4.79 Å². The molecule has 1 amide bonds. The van der Waals surface area contributed by atoms with Gasteiger partial charge in [0.2, 0.25) is 5.91 Å². The molecule has 0 bridgehead atoms. The predicted octanol–water partition coefficient (Wildman–Crippen LogP) is 3.36. The van der Waals surface area contributed by atoms with Crippen LogP contribution >= 0.6 is 0 Å². The first-order chi connectivity index (χ1) is 14.2. The topological polar surface area (TPSA) is 48.5 Å². The highest BCUT2D eigenvalue weighted by atomic mass is 16.2. The Labute approximate surface area is 172 Å². The normalized spacial score (nSPS) is 23.2. The van der Waals surface area contributed by atoms with Gasteiger partial charge in [0.1, 0.15) is 5.82 Å². The molecule has 1 aromatic carbocycles. The average Bonchev–Trinajstić information content (AvgIpc) is 3.31. The number of benzene rings is 1. The molecule has 29 heavy (non-hydrogen) atoms. The number of likely N-dealkylation sites (tertiary alicyclic amines) is 1. The Morgan fingerprint density at radius 2 is 1.97 bits per heavy atom. The number of hydrogen-bond donors (Lipinski definition) is 1. The maximum Gasteiger partial charge on any atom is 0.246 e. The van der Waals surface area contributed by atoms with Crippen LogP contribution in [0.3, 0.4) is 0 Å². The number of nitrogens with zero attached hydrogens (tertiary/aromatic N) is 3. The van der Waals surface area contributed by atoms with Gasteiger partial charge in [0.05, 0.1) is 0 Å². The van der Waals surface area contributed by atoms with Crippen LogP contribution in [-0.4, -0.2) is 48.5 Å². The number of pyridine rings is 1. The van der Waals surface area contributed by atoms with E-state index in [0.717, 1.165) is 56.9 Å². The molecule has 4 heterocycles. The number of amides is 1. The molecule has 0 aliphatic carbocycles. The molecule has 3 aliphatic heterocycles. The van der Waals surface area contributed by atoms with Gasteiger partial charge in [-0.15, -0.1) is 0 Å². The molecular formula is C24H28N4O. The zero-order valence-corrected chi connectivity index (χ0v) is 17.0. The van der Waals surface area contributed by atoms with Crippen molar-refractivity contribution in [2.45, 2.75) is 19.8 Å². The molecule has 3 aliphatic rings. The lowest BCUT2D eigenvalue weighted by Gasteiger charge is -2.24. The minimum atomic E-state index is 0.123. The Balaban J connectivity index is 1.20. The second-order valence-electron chi connectivity index (χ2n) is 8.59. The van der Waals surface area contributed by atoms with E-state index in [4.69, 9.17) is 0 Å². The predicted molar refractivity (Wildman–Crippen MR) is 117 cm³/mol. The van der Waals surface area contributed by atoms with Gasteiger partial charge in [-0.05, 0) is 54.7 Å². The number of anilines is 2. The largest absolute Gasteiger partial charge is 0.371 e. The van der Waals surface area contributed by atoms with E-state index >= 15 is 0 Å². The molecular weight excluding hydrogens is 360 g/mol. The monoisotopic (exact) mass is 388 g/mol. The Kier molecular flexibility index (Phi) is 4.74. The quantitative estimate of drug-likeness (QED) is 0.819. The highest BCUT2D eigenvalue weighted by Gasteiger charge is 2.41. The minimum Gasteiger partial charge on any atom is -0.371 e. The van der Waals surface area contributed by atoms with Crippen LogP contribution in [0.1, 0.15) is 23.1 Å². The van der Waals surface area contributed by atoms with Crippen molar-refractivity contribution >= 4 is 23.5 Å². The molecule has 1 N–H and O–H groups in total. The minimum absolute atomic E-state index is 0.123. The number of aryl methyl sites for hydroxylation is 2. The number of rotatable bonds is 3. The van der Waals surface area contributed by atoms with Crippen molar-refractivity contribution in [2.75, 3.05) is 42.9 Å². The van der Waals surface area contributed by atoms with Gasteiger partial charge in [0.25, 0.3) is 0 Å². The first kappa shape index (κ1) is 18.2. The standard InChI is InChI=1S/C24H28N4O/c1-17-5-2-3-7-22(17)27-13-20-15-28(16-21(20)14-27)23(29)9-8-18-11-19-6-4-10-25-24(19)26-12-18/h2-3,5,7-9,11-12,20-21H,4,6,10,13-16H2,1H3,(H,25,26)/b9-8+/t20-,21+. The summed E-state index contributed by atoms with van der Waals surface area (Å²) in [6.45, 7) is 6.99. The van der Waals surface area contributed by atoms with Gasteiger partial charge in [-0.1, -0.05) is 18.2 Å². The van der Waals surface area contributed by atoms with Gasteiger partial charge in [0.15, 0.2) is 0 Å². The lowest BCUT2D eigenvalue weighted by Crippen LogP contribution is -2.32. The van der Waals surface area contributed by atoms with Crippen LogP contribution in [0.4, 0.5) is 11.5 Å². The van der Waals surface area contributed by atoms with E-state index in [0.29, 0.717) is 11.8 Å². The van der Waals surface area contributed by atoms with E-state index in [1.54, 1.807) is 6.08 Å². The first-order valence-electron chi connectivity index (χ1n) is 10.7. The van der Waals surface area contributed by atoms with Gasteiger partial charge in [-0.3, -0.25) is 4.79 Å². The Hall–Kier alpha value is -2.82. The highest BCUT2D eigenvalue weighted by Crippen LogP contribution is 2.35. The van der Waals surface area contributed by atoms with E-state index in [1.807, 2.05) is 17.2 Å². The lowest BCUT2D eigenvalue weighted by atomic mass is 10.0. The average molecular weight is 389 g/mol. The van der Waals surface area contributed by atoms with Crippen LogP contribution in [0.2, 0.25) is 0 Å². The summed E-state index contributed by atoms with van der Waals surface area (Å²) >= 11 is 0. The molecule has 5 rings (SSSR count). The maximum atomic E-state index is 12.7. The number of fused-ring (bicyclic) bond motifs is 2. The van der Waals surface area contributed by atoms with Crippen molar-refractivity contribution in [3.63, 3.8) is 0 Å². The zero-order chi connectivity index (χ0) is 19.8. The SMILES string of the molecule is Cc1ccccc1N1C[C@H]2CN(C(=O)/C=C/c3cnc4c(c3)CCCN4)C[C@H]2C1. The van der Waals surface area contributed by atoms with Crippen molar-refractivity contribution in [3.05, 3.63) is 59.3 Å². The van der Waals surface area contributed by atoms with Crippen LogP contribution in [0.25, 0.3) is 6.08 Å². The molecule has 0 spiro atoms.